The van der Waals surface area contributed by atoms with Crippen molar-refractivity contribution >= 4 is 5.78 Å². The van der Waals surface area contributed by atoms with Crippen LogP contribution in [0.5, 0.6) is 0 Å². The molecule has 1 aliphatic rings. The number of nitriles is 1. The van der Waals surface area contributed by atoms with Gasteiger partial charge in [-0.05, 0) is 69.5 Å². The quantitative estimate of drug-likeness (QED) is 0.443. The fourth-order valence-corrected chi connectivity index (χ4v) is 4.75. The lowest BCUT2D eigenvalue weighted by molar-refractivity contribution is 0.0864. The van der Waals surface area contributed by atoms with E-state index in [-0.39, 0.29) is 11.7 Å². The molecule has 3 atom stereocenters. The number of ketones is 1. The fraction of sp³-hybridized carbons (Fsp3) is 0.370. The monoisotopic (exact) mass is 426 g/mol. The third-order valence-electron chi connectivity index (χ3n) is 6.71. The van der Waals surface area contributed by atoms with Gasteiger partial charge in [-0.1, -0.05) is 43.2 Å². The van der Waals surface area contributed by atoms with Gasteiger partial charge in [0, 0.05) is 17.5 Å². The van der Waals surface area contributed by atoms with E-state index in [4.69, 9.17) is 10.4 Å². The molecular formula is C27H30N4O. The van der Waals surface area contributed by atoms with E-state index in [1.54, 1.807) is 12.1 Å². The molecule has 0 bridgehead atoms. The highest BCUT2D eigenvalue weighted by molar-refractivity contribution is 5.97. The molecule has 1 heterocycles. The third kappa shape index (κ3) is 4.51. The van der Waals surface area contributed by atoms with Gasteiger partial charge in [-0.3, -0.25) is 4.79 Å². The number of carbonyl (C=O) groups is 1. The summed E-state index contributed by atoms with van der Waals surface area (Å²) in [6.07, 6.45) is 4.07. The molecule has 0 spiro atoms. The molecule has 3 aromatic rings. The number of benzene rings is 2. The van der Waals surface area contributed by atoms with Crippen molar-refractivity contribution in [2.24, 2.45) is 11.8 Å². The number of hydrogen-bond acceptors (Lipinski definition) is 4. The van der Waals surface area contributed by atoms with Gasteiger partial charge < -0.3 is 5.32 Å². The van der Waals surface area contributed by atoms with Crippen molar-refractivity contribution in [3.05, 3.63) is 71.4 Å². The Kier molecular flexibility index (Phi) is 6.53. The van der Waals surface area contributed by atoms with Crippen LogP contribution in [0.3, 0.4) is 0 Å². The predicted molar refractivity (Wildman–Crippen MR) is 127 cm³/mol. The minimum atomic E-state index is -0.0106. The summed E-state index contributed by atoms with van der Waals surface area (Å²) >= 11 is 0. The van der Waals surface area contributed by atoms with Crippen LogP contribution in [0.1, 0.15) is 54.2 Å². The first-order chi connectivity index (χ1) is 15.5. The number of hydrogen-bond donors (Lipinski definition) is 1. The zero-order valence-corrected chi connectivity index (χ0v) is 19.0. The number of aryl methyl sites for hydroxylation is 1. The van der Waals surface area contributed by atoms with Crippen LogP contribution in [-0.4, -0.2) is 28.7 Å². The Morgan fingerprint density at radius 2 is 1.84 bits per heavy atom. The number of nitrogens with one attached hydrogen (secondary N) is 1. The summed E-state index contributed by atoms with van der Waals surface area (Å²) in [5.74, 6) is 0.434. The average molecular weight is 427 g/mol. The van der Waals surface area contributed by atoms with Crippen LogP contribution in [0, 0.1) is 30.1 Å². The van der Waals surface area contributed by atoms with Gasteiger partial charge in [-0.2, -0.15) is 10.4 Å². The molecule has 1 fully saturated rings. The maximum absolute atomic E-state index is 13.6. The highest BCUT2D eigenvalue weighted by Crippen LogP contribution is 2.33. The molecule has 0 amide bonds. The molecule has 32 heavy (non-hydrogen) atoms. The second-order valence-corrected chi connectivity index (χ2v) is 8.95. The number of Topliss-reactive ketones (excluding diaryl/α,β-unsaturated/α-hetero) is 1. The minimum Gasteiger partial charge on any atom is -0.317 e. The Morgan fingerprint density at radius 3 is 2.50 bits per heavy atom. The van der Waals surface area contributed by atoms with Gasteiger partial charge in [0.05, 0.1) is 23.0 Å². The third-order valence-corrected chi connectivity index (χ3v) is 6.71. The van der Waals surface area contributed by atoms with Crippen molar-refractivity contribution < 1.29 is 4.79 Å². The molecule has 2 aromatic carbocycles. The molecular weight excluding hydrogens is 396 g/mol. The molecule has 1 aliphatic carbocycles. The van der Waals surface area contributed by atoms with Crippen LogP contribution in [0.4, 0.5) is 0 Å². The van der Waals surface area contributed by atoms with Gasteiger partial charge >= 0.3 is 0 Å². The van der Waals surface area contributed by atoms with Crippen molar-refractivity contribution in [2.75, 3.05) is 7.05 Å². The lowest BCUT2D eigenvalue weighted by atomic mass is 9.84. The second kappa shape index (κ2) is 9.50. The topological polar surface area (TPSA) is 70.7 Å². The van der Waals surface area contributed by atoms with E-state index in [9.17, 15) is 4.79 Å². The maximum Gasteiger partial charge on any atom is 0.186 e. The fourth-order valence-electron chi connectivity index (χ4n) is 4.75. The molecule has 5 nitrogen and oxygen atoms in total. The highest BCUT2D eigenvalue weighted by atomic mass is 16.1. The van der Waals surface area contributed by atoms with Gasteiger partial charge in [-0.25, -0.2) is 4.68 Å². The molecule has 0 unspecified atom stereocenters. The van der Waals surface area contributed by atoms with Crippen LogP contribution in [0.2, 0.25) is 0 Å². The van der Waals surface area contributed by atoms with Gasteiger partial charge in [0.25, 0.3) is 0 Å². The van der Waals surface area contributed by atoms with Crippen molar-refractivity contribution in [1.82, 2.24) is 15.1 Å². The Morgan fingerprint density at radius 1 is 1.12 bits per heavy atom. The van der Waals surface area contributed by atoms with Gasteiger partial charge in [0.1, 0.15) is 5.69 Å². The van der Waals surface area contributed by atoms with Crippen LogP contribution in [-0.2, 0) is 0 Å². The molecule has 5 heteroatoms. The first-order valence-electron chi connectivity index (χ1n) is 11.4. The average Bonchev–Trinajstić information content (AvgIpc) is 3.17. The molecule has 1 saturated carbocycles. The SMILES string of the molecule is CN[C@@H]1CCC[C@@H](C(=O)c2cc(-c3ccc(C#N)cc3)n(-c3ccc(C)cc3)n2)[C@H](C)C1. The zero-order chi connectivity index (χ0) is 22.7. The molecule has 0 saturated heterocycles. The standard InChI is InChI=1S/C27H30N4O/c1-18-7-13-23(14-8-18)31-26(21-11-9-20(17-28)10-12-21)16-25(30-31)27(32)24-6-4-5-22(29-3)15-19(24)2/h7-14,16,19,22,24,29H,4-6,15H2,1-3H3/t19-,22-,24-/m1/s1. The van der Waals surface area contributed by atoms with Gasteiger partial charge in [-0.15, -0.1) is 0 Å². The first-order valence-corrected chi connectivity index (χ1v) is 11.4. The Labute approximate surface area is 190 Å². The van der Waals surface area contributed by atoms with E-state index in [1.165, 1.54) is 5.56 Å². The van der Waals surface area contributed by atoms with Crippen LogP contribution >= 0.6 is 0 Å². The van der Waals surface area contributed by atoms with Gasteiger partial charge in [0.2, 0.25) is 0 Å². The summed E-state index contributed by atoms with van der Waals surface area (Å²) in [6, 6.07) is 20.1. The highest BCUT2D eigenvalue weighted by Gasteiger charge is 2.32. The molecule has 1 N–H and O–H groups in total. The van der Waals surface area contributed by atoms with E-state index in [0.29, 0.717) is 23.2 Å². The lowest BCUT2D eigenvalue weighted by Gasteiger charge is -2.21. The second-order valence-electron chi connectivity index (χ2n) is 8.95. The zero-order valence-electron chi connectivity index (χ0n) is 19.0. The predicted octanol–water partition coefficient (Wildman–Crippen LogP) is 5.32. The number of aromatic nitrogens is 2. The smallest absolute Gasteiger partial charge is 0.186 e. The number of carbonyl (C=O) groups excluding carboxylic acids is 1. The normalized spacial score (nSPS) is 21.0. The van der Waals surface area contributed by atoms with Gasteiger partial charge in [0.15, 0.2) is 5.78 Å². The maximum atomic E-state index is 13.6. The number of rotatable bonds is 5. The lowest BCUT2D eigenvalue weighted by Crippen LogP contribution is -2.28. The summed E-state index contributed by atoms with van der Waals surface area (Å²) < 4.78 is 1.85. The van der Waals surface area contributed by atoms with Crippen LogP contribution in [0.25, 0.3) is 16.9 Å². The molecule has 0 aliphatic heterocycles. The van der Waals surface area contributed by atoms with Crippen LogP contribution < -0.4 is 5.32 Å². The summed E-state index contributed by atoms with van der Waals surface area (Å²) in [6.45, 7) is 4.24. The van der Waals surface area contributed by atoms with Crippen molar-refractivity contribution in [3.63, 3.8) is 0 Å². The molecule has 1 aromatic heterocycles. The minimum absolute atomic E-state index is 0.0106. The van der Waals surface area contributed by atoms with Crippen LogP contribution in [0.15, 0.2) is 54.6 Å². The summed E-state index contributed by atoms with van der Waals surface area (Å²) in [5, 5.41) is 17.3. The molecule has 0 radical (unpaired) electrons. The van der Waals surface area contributed by atoms with E-state index in [0.717, 1.165) is 42.6 Å². The van der Waals surface area contributed by atoms with E-state index < -0.39 is 0 Å². The Hall–Kier alpha value is -3.23. The number of nitrogens with zero attached hydrogens (tertiary/aromatic N) is 3. The summed E-state index contributed by atoms with van der Waals surface area (Å²) in [4.78, 5) is 13.6. The van der Waals surface area contributed by atoms with E-state index in [2.05, 4.69) is 25.2 Å². The molecule has 164 valence electrons. The Bertz CT molecular complexity index is 1120. The summed E-state index contributed by atoms with van der Waals surface area (Å²) in [5.41, 5.74) is 5.00. The molecule has 4 rings (SSSR count). The van der Waals surface area contributed by atoms with E-state index in [1.807, 2.05) is 54.2 Å². The van der Waals surface area contributed by atoms with Crippen molar-refractivity contribution in [1.29, 1.82) is 5.26 Å². The van der Waals surface area contributed by atoms with Crippen molar-refractivity contribution in [3.8, 4) is 23.0 Å². The van der Waals surface area contributed by atoms with E-state index >= 15 is 0 Å². The van der Waals surface area contributed by atoms with Crippen molar-refractivity contribution in [2.45, 2.75) is 45.6 Å². The Balaban J connectivity index is 1.73. The largest absolute Gasteiger partial charge is 0.317 e. The first kappa shape index (κ1) is 22.0. The summed E-state index contributed by atoms with van der Waals surface area (Å²) in [7, 11) is 2.01.